The van der Waals surface area contributed by atoms with Gasteiger partial charge in [0.1, 0.15) is 0 Å². The van der Waals surface area contributed by atoms with Gasteiger partial charge in [0.05, 0.1) is 0 Å². The van der Waals surface area contributed by atoms with Crippen molar-refractivity contribution in [1.29, 1.82) is 0 Å². The van der Waals surface area contributed by atoms with Gasteiger partial charge in [-0.2, -0.15) is 0 Å². The summed E-state index contributed by atoms with van der Waals surface area (Å²) in [6.45, 7) is 5.43. The topological polar surface area (TPSA) is 84.2 Å². The van der Waals surface area contributed by atoms with Crippen molar-refractivity contribution in [2.24, 2.45) is 11.7 Å². The molecule has 0 fully saturated rings. The highest BCUT2D eigenvalue weighted by atomic mass is 16.2. The second-order valence-corrected chi connectivity index (χ2v) is 5.54. The molecule has 0 saturated carbocycles. The Bertz CT molecular complexity index is 471. The molecule has 4 N–H and O–H groups in total. The van der Waals surface area contributed by atoms with Crippen molar-refractivity contribution in [2.45, 2.75) is 46.1 Å². The predicted molar refractivity (Wildman–Crippen MR) is 88.5 cm³/mol. The molecule has 1 unspecified atom stereocenters. The van der Waals surface area contributed by atoms with E-state index in [2.05, 4.69) is 24.5 Å². The van der Waals surface area contributed by atoms with Crippen LogP contribution < -0.4 is 16.4 Å². The summed E-state index contributed by atoms with van der Waals surface area (Å²) in [6, 6.07) is 6.61. The Balaban J connectivity index is 2.46. The maximum atomic E-state index is 12.1. The average molecular weight is 305 g/mol. The summed E-state index contributed by atoms with van der Waals surface area (Å²) in [7, 11) is 0. The van der Waals surface area contributed by atoms with E-state index < -0.39 is 6.03 Å². The van der Waals surface area contributed by atoms with Gasteiger partial charge in [0, 0.05) is 18.7 Å². The second-order valence-electron chi connectivity index (χ2n) is 5.54. The molecule has 0 aliphatic heterocycles. The summed E-state index contributed by atoms with van der Waals surface area (Å²) in [6.07, 6.45) is 4.63. The Hall–Kier alpha value is -2.04. The van der Waals surface area contributed by atoms with Gasteiger partial charge in [0.15, 0.2) is 0 Å². The van der Waals surface area contributed by atoms with Crippen LogP contribution in [0.1, 0.15) is 55.5 Å². The molecular weight excluding hydrogens is 278 g/mol. The van der Waals surface area contributed by atoms with Crippen LogP contribution in [0.4, 0.5) is 4.79 Å². The van der Waals surface area contributed by atoms with Crippen LogP contribution >= 0.6 is 0 Å². The van der Waals surface area contributed by atoms with E-state index in [9.17, 15) is 9.59 Å². The van der Waals surface area contributed by atoms with E-state index in [0.717, 1.165) is 24.9 Å². The first-order chi connectivity index (χ1) is 10.6. The molecule has 1 atom stereocenters. The number of hydrogen-bond donors (Lipinski definition) is 3. The minimum Gasteiger partial charge on any atom is -0.352 e. The standard InChI is InChI=1S/C17H27N3O2/c1-3-5-6-13(4-2)11-19-16(21)15-9-7-14(8-10-15)12-20-17(18)22/h7-10,13H,3-6,11-12H2,1-2H3,(H,19,21)(H3,18,20,22). The van der Waals surface area contributed by atoms with Crippen molar-refractivity contribution >= 4 is 11.9 Å². The normalized spacial score (nSPS) is 11.7. The number of nitrogens with one attached hydrogen (secondary N) is 2. The lowest BCUT2D eigenvalue weighted by atomic mass is 9.99. The maximum Gasteiger partial charge on any atom is 0.312 e. The van der Waals surface area contributed by atoms with Gasteiger partial charge >= 0.3 is 6.03 Å². The summed E-state index contributed by atoms with van der Waals surface area (Å²) in [5.74, 6) is 0.493. The second kappa shape index (κ2) is 9.82. The number of rotatable bonds is 9. The lowest BCUT2D eigenvalue weighted by Crippen LogP contribution is -2.29. The highest BCUT2D eigenvalue weighted by Crippen LogP contribution is 2.12. The van der Waals surface area contributed by atoms with E-state index >= 15 is 0 Å². The first-order valence-electron chi connectivity index (χ1n) is 7.97. The van der Waals surface area contributed by atoms with Crippen LogP contribution in [-0.2, 0) is 6.54 Å². The molecule has 5 heteroatoms. The zero-order chi connectivity index (χ0) is 16.4. The number of carbonyl (C=O) groups is 2. The van der Waals surface area contributed by atoms with Crippen LogP contribution in [-0.4, -0.2) is 18.5 Å². The van der Waals surface area contributed by atoms with Gasteiger partial charge in [-0.3, -0.25) is 4.79 Å². The molecular formula is C17H27N3O2. The number of amides is 3. The van der Waals surface area contributed by atoms with Crippen LogP contribution in [0.15, 0.2) is 24.3 Å². The van der Waals surface area contributed by atoms with Gasteiger partial charge in [0.25, 0.3) is 5.91 Å². The summed E-state index contributed by atoms with van der Waals surface area (Å²) in [4.78, 5) is 22.8. The van der Waals surface area contributed by atoms with Crippen LogP contribution in [0.25, 0.3) is 0 Å². The minimum atomic E-state index is -0.556. The van der Waals surface area contributed by atoms with E-state index in [-0.39, 0.29) is 5.91 Å². The molecule has 22 heavy (non-hydrogen) atoms. The van der Waals surface area contributed by atoms with E-state index in [0.29, 0.717) is 18.0 Å². The van der Waals surface area contributed by atoms with Crippen molar-refractivity contribution in [3.8, 4) is 0 Å². The summed E-state index contributed by atoms with van der Waals surface area (Å²) < 4.78 is 0. The van der Waals surface area contributed by atoms with Crippen LogP contribution in [0.3, 0.4) is 0 Å². The smallest absolute Gasteiger partial charge is 0.312 e. The molecule has 0 aliphatic carbocycles. The largest absolute Gasteiger partial charge is 0.352 e. The zero-order valence-corrected chi connectivity index (χ0v) is 13.5. The number of nitrogens with two attached hydrogens (primary N) is 1. The Morgan fingerprint density at radius 2 is 1.82 bits per heavy atom. The summed E-state index contributed by atoms with van der Waals surface area (Å²) in [5.41, 5.74) is 6.56. The predicted octanol–water partition coefficient (Wildman–Crippen LogP) is 2.80. The number of unbranched alkanes of at least 4 members (excludes halogenated alkanes) is 1. The van der Waals surface area contributed by atoms with Gasteiger partial charge in [0.2, 0.25) is 0 Å². The lowest BCUT2D eigenvalue weighted by molar-refractivity contribution is 0.0945. The summed E-state index contributed by atoms with van der Waals surface area (Å²) >= 11 is 0. The molecule has 0 saturated heterocycles. The summed E-state index contributed by atoms with van der Waals surface area (Å²) in [5, 5.41) is 5.52. The Labute approximate surface area is 132 Å². The van der Waals surface area contributed by atoms with Gasteiger partial charge in [-0.1, -0.05) is 45.2 Å². The number of urea groups is 1. The fraction of sp³-hybridized carbons (Fsp3) is 0.529. The molecule has 3 amide bonds. The first-order valence-corrected chi connectivity index (χ1v) is 7.97. The maximum absolute atomic E-state index is 12.1. The molecule has 0 spiro atoms. The fourth-order valence-electron chi connectivity index (χ4n) is 2.25. The van der Waals surface area contributed by atoms with E-state index in [1.165, 1.54) is 12.8 Å². The van der Waals surface area contributed by atoms with Crippen molar-refractivity contribution in [3.05, 3.63) is 35.4 Å². The molecule has 0 aliphatic rings. The Morgan fingerprint density at radius 1 is 1.14 bits per heavy atom. The molecule has 0 radical (unpaired) electrons. The third-order valence-electron chi connectivity index (χ3n) is 3.78. The molecule has 1 rings (SSSR count). The number of carbonyl (C=O) groups excluding carboxylic acids is 2. The van der Waals surface area contributed by atoms with Gasteiger partial charge in [-0.05, 0) is 30.0 Å². The third kappa shape index (κ3) is 6.61. The molecule has 0 aromatic heterocycles. The van der Waals surface area contributed by atoms with Crippen LogP contribution in [0.5, 0.6) is 0 Å². The van der Waals surface area contributed by atoms with Gasteiger partial charge in [-0.25, -0.2) is 4.79 Å². The monoisotopic (exact) mass is 305 g/mol. The van der Waals surface area contributed by atoms with E-state index in [4.69, 9.17) is 5.73 Å². The van der Waals surface area contributed by atoms with Crippen molar-refractivity contribution in [3.63, 3.8) is 0 Å². The molecule has 5 nitrogen and oxygen atoms in total. The fourth-order valence-corrected chi connectivity index (χ4v) is 2.25. The highest BCUT2D eigenvalue weighted by Gasteiger charge is 2.10. The molecule has 0 heterocycles. The third-order valence-corrected chi connectivity index (χ3v) is 3.78. The van der Waals surface area contributed by atoms with Gasteiger partial charge in [-0.15, -0.1) is 0 Å². The van der Waals surface area contributed by atoms with E-state index in [1.807, 2.05) is 12.1 Å². The van der Waals surface area contributed by atoms with Crippen LogP contribution in [0, 0.1) is 5.92 Å². The van der Waals surface area contributed by atoms with E-state index in [1.54, 1.807) is 12.1 Å². The van der Waals surface area contributed by atoms with Crippen molar-refractivity contribution in [2.75, 3.05) is 6.54 Å². The Morgan fingerprint density at radius 3 is 2.36 bits per heavy atom. The zero-order valence-electron chi connectivity index (χ0n) is 13.5. The van der Waals surface area contributed by atoms with Crippen molar-refractivity contribution in [1.82, 2.24) is 10.6 Å². The molecule has 1 aromatic rings. The number of primary amides is 1. The lowest BCUT2D eigenvalue weighted by Gasteiger charge is -2.15. The number of hydrogen-bond acceptors (Lipinski definition) is 2. The number of benzene rings is 1. The average Bonchev–Trinajstić information content (AvgIpc) is 2.53. The van der Waals surface area contributed by atoms with Crippen LogP contribution in [0.2, 0.25) is 0 Å². The first kappa shape index (κ1) is 18.0. The van der Waals surface area contributed by atoms with Gasteiger partial charge < -0.3 is 16.4 Å². The minimum absolute atomic E-state index is 0.0515. The Kier molecular flexibility index (Phi) is 8.04. The molecule has 1 aromatic carbocycles. The highest BCUT2D eigenvalue weighted by molar-refractivity contribution is 5.94. The quantitative estimate of drug-likeness (QED) is 0.655. The molecule has 0 bridgehead atoms. The van der Waals surface area contributed by atoms with Crippen molar-refractivity contribution < 1.29 is 9.59 Å². The molecule has 122 valence electrons. The SMILES string of the molecule is CCCCC(CC)CNC(=O)c1ccc(CNC(N)=O)cc1.